The third kappa shape index (κ3) is 2.89. The molecule has 1 aromatic rings. The zero-order valence-corrected chi connectivity index (χ0v) is 10.2. The molecular formula is C10H14BrN3O. The average molecular weight is 272 g/mol. The van der Waals surface area contributed by atoms with Gasteiger partial charge in [0.1, 0.15) is 10.4 Å². The minimum absolute atomic E-state index is 0.466. The largest absolute Gasteiger partial charge is 0.381 e. The molecule has 1 fully saturated rings. The number of halogens is 1. The molecule has 15 heavy (non-hydrogen) atoms. The molecule has 0 bridgehead atoms. The molecule has 1 saturated heterocycles. The van der Waals surface area contributed by atoms with Gasteiger partial charge in [-0.25, -0.2) is 9.97 Å². The molecule has 0 unspecified atom stereocenters. The molecular weight excluding hydrogens is 258 g/mol. The Hall–Kier alpha value is -0.680. The van der Waals surface area contributed by atoms with Crippen LogP contribution in [0.1, 0.15) is 18.5 Å². The van der Waals surface area contributed by atoms with Crippen molar-refractivity contribution in [1.82, 2.24) is 9.97 Å². The number of nitrogens with zero attached hydrogens (tertiary/aromatic N) is 2. The number of hydrogen-bond acceptors (Lipinski definition) is 4. The average Bonchev–Trinajstić information content (AvgIpc) is 2.24. The van der Waals surface area contributed by atoms with Gasteiger partial charge in [-0.1, -0.05) is 0 Å². The van der Waals surface area contributed by atoms with Gasteiger partial charge in [0.25, 0.3) is 0 Å². The minimum Gasteiger partial charge on any atom is -0.381 e. The first kappa shape index (κ1) is 10.8. The van der Waals surface area contributed by atoms with E-state index in [0.29, 0.717) is 6.04 Å². The van der Waals surface area contributed by atoms with Crippen molar-refractivity contribution in [2.75, 3.05) is 18.5 Å². The van der Waals surface area contributed by atoms with E-state index in [-0.39, 0.29) is 0 Å². The highest BCUT2D eigenvalue weighted by molar-refractivity contribution is 9.10. The van der Waals surface area contributed by atoms with E-state index in [1.54, 1.807) is 6.20 Å². The van der Waals surface area contributed by atoms with E-state index in [9.17, 15) is 0 Å². The lowest BCUT2D eigenvalue weighted by molar-refractivity contribution is 0.0903. The highest BCUT2D eigenvalue weighted by Crippen LogP contribution is 2.17. The van der Waals surface area contributed by atoms with Gasteiger partial charge in [0, 0.05) is 19.3 Å². The van der Waals surface area contributed by atoms with Crippen LogP contribution in [0.4, 0.5) is 5.82 Å². The summed E-state index contributed by atoms with van der Waals surface area (Å²) in [7, 11) is 0. The molecule has 0 aromatic carbocycles. The maximum atomic E-state index is 5.30. The lowest BCUT2D eigenvalue weighted by Gasteiger charge is -2.24. The lowest BCUT2D eigenvalue weighted by Crippen LogP contribution is -2.28. The number of anilines is 1. The number of ether oxygens (including phenoxy) is 1. The summed E-state index contributed by atoms with van der Waals surface area (Å²) < 4.78 is 6.08. The first-order valence-electron chi connectivity index (χ1n) is 5.09. The van der Waals surface area contributed by atoms with Gasteiger partial charge in [-0.3, -0.25) is 0 Å². The fraction of sp³-hybridized carbons (Fsp3) is 0.600. The van der Waals surface area contributed by atoms with Crippen LogP contribution in [0.15, 0.2) is 10.8 Å². The number of nitrogens with one attached hydrogen (secondary N) is 1. The molecule has 82 valence electrons. The Bertz CT molecular complexity index is 339. The van der Waals surface area contributed by atoms with Crippen molar-refractivity contribution in [2.24, 2.45) is 0 Å². The molecule has 5 heteroatoms. The van der Waals surface area contributed by atoms with Gasteiger partial charge in [-0.2, -0.15) is 0 Å². The van der Waals surface area contributed by atoms with E-state index in [0.717, 1.165) is 42.2 Å². The van der Waals surface area contributed by atoms with Crippen molar-refractivity contribution in [3.63, 3.8) is 0 Å². The van der Waals surface area contributed by atoms with Crippen LogP contribution >= 0.6 is 15.9 Å². The SMILES string of the molecule is Cc1nc(Br)cnc1NC1CCOCC1. The summed E-state index contributed by atoms with van der Waals surface area (Å²) in [4.78, 5) is 8.61. The van der Waals surface area contributed by atoms with Gasteiger partial charge in [0.2, 0.25) is 0 Å². The predicted molar refractivity (Wildman–Crippen MR) is 61.9 cm³/mol. The van der Waals surface area contributed by atoms with E-state index < -0.39 is 0 Å². The predicted octanol–water partition coefficient (Wildman–Crippen LogP) is 2.14. The molecule has 2 rings (SSSR count). The van der Waals surface area contributed by atoms with Gasteiger partial charge < -0.3 is 10.1 Å². The summed E-state index contributed by atoms with van der Waals surface area (Å²) in [6.45, 7) is 3.63. The number of rotatable bonds is 2. The number of aromatic nitrogens is 2. The lowest BCUT2D eigenvalue weighted by atomic mass is 10.1. The summed E-state index contributed by atoms with van der Waals surface area (Å²) in [5.74, 6) is 0.880. The fourth-order valence-corrected chi connectivity index (χ4v) is 2.00. The van der Waals surface area contributed by atoms with E-state index >= 15 is 0 Å². The van der Waals surface area contributed by atoms with E-state index in [1.807, 2.05) is 6.92 Å². The summed E-state index contributed by atoms with van der Waals surface area (Å²) in [5.41, 5.74) is 0.927. The zero-order chi connectivity index (χ0) is 10.7. The second-order valence-corrected chi connectivity index (χ2v) is 4.47. The van der Waals surface area contributed by atoms with Crippen LogP contribution in [0, 0.1) is 6.92 Å². The molecule has 0 aliphatic carbocycles. The molecule has 1 N–H and O–H groups in total. The Labute approximate surface area is 97.6 Å². The van der Waals surface area contributed by atoms with Crippen LogP contribution in [-0.4, -0.2) is 29.2 Å². The summed E-state index contributed by atoms with van der Waals surface area (Å²) >= 11 is 3.30. The first-order chi connectivity index (χ1) is 7.25. The number of hydrogen-bond donors (Lipinski definition) is 1. The fourth-order valence-electron chi connectivity index (χ4n) is 1.63. The normalized spacial score (nSPS) is 17.7. The maximum Gasteiger partial charge on any atom is 0.147 e. The van der Waals surface area contributed by atoms with Crippen molar-refractivity contribution in [2.45, 2.75) is 25.8 Å². The Morgan fingerprint density at radius 3 is 2.87 bits per heavy atom. The van der Waals surface area contributed by atoms with E-state index in [1.165, 1.54) is 0 Å². The van der Waals surface area contributed by atoms with Crippen LogP contribution in [0.25, 0.3) is 0 Å². The molecule has 1 aliphatic rings. The Balaban J connectivity index is 2.03. The van der Waals surface area contributed by atoms with Gasteiger partial charge in [0.05, 0.1) is 11.9 Å². The van der Waals surface area contributed by atoms with Crippen molar-refractivity contribution in [3.8, 4) is 0 Å². The van der Waals surface area contributed by atoms with Crippen LogP contribution in [-0.2, 0) is 4.74 Å². The van der Waals surface area contributed by atoms with Crippen LogP contribution in [0.2, 0.25) is 0 Å². The van der Waals surface area contributed by atoms with Crippen molar-refractivity contribution in [1.29, 1.82) is 0 Å². The maximum absolute atomic E-state index is 5.30. The molecule has 1 aromatic heterocycles. The van der Waals surface area contributed by atoms with Crippen LogP contribution < -0.4 is 5.32 Å². The molecule has 0 amide bonds. The third-order valence-corrected chi connectivity index (χ3v) is 2.86. The molecule has 0 atom stereocenters. The molecule has 0 saturated carbocycles. The minimum atomic E-state index is 0.466. The number of aryl methyl sites for hydroxylation is 1. The standard InChI is InChI=1S/C10H14BrN3O/c1-7-10(12-6-9(11)13-7)14-8-2-4-15-5-3-8/h6,8H,2-5H2,1H3,(H,12,14). The monoisotopic (exact) mass is 271 g/mol. The van der Waals surface area contributed by atoms with Gasteiger partial charge in [0.15, 0.2) is 0 Å². The molecule has 2 heterocycles. The zero-order valence-electron chi connectivity index (χ0n) is 8.66. The molecule has 0 spiro atoms. The Kier molecular flexibility index (Phi) is 3.53. The highest BCUT2D eigenvalue weighted by Gasteiger charge is 2.14. The van der Waals surface area contributed by atoms with Gasteiger partial charge >= 0.3 is 0 Å². The van der Waals surface area contributed by atoms with Crippen LogP contribution in [0.5, 0.6) is 0 Å². The summed E-state index contributed by atoms with van der Waals surface area (Å²) in [5, 5.41) is 3.40. The van der Waals surface area contributed by atoms with Crippen molar-refractivity contribution >= 4 is 21.7 Å². The molecule has 4 nitrogen and oxygen atoms in total. The quantitative estimate of drug-likeness (QED) is 0.896. The van der Waals surface area contributed by atoms with Gasteiger partial charge in [-0.15, -0.1) is 0 Å². The summed E-state index contributed by atoms with van der Waals surface area (Å²) in [6, 6.07) is 0.466. The van der Waals surface area contributed by atoms with Crippen LogP contribution in [0.3, 0.4) is 0 Å². The highest BCUT2D eigenvalue weighted by atomic mass is 79.9. The smallest absolute Gasteiger partial charge is 0.147 e. The Morgan fingerprint density at radius 2 is 2.20 bits per heavy atom. The Morgan fingerprint density at radius 1 is 1.47 bits per heavy atom. The first-order valence-corrected chi connectivity index (χ1v) is 5.88. The third-order valence-electron chi connectivity index (χ3n) is 2.48. The van der Waals surface area contributed by atoms with Crippen molar-refractivity contribution in [3.05, 3.63) is 16.5 Å². The topological polar surface area (TPSA) is 47.0 Å². The summed E-state index contributed by atoms with van der Waals surface area (Å²) in [6.07, 6.45) is 3.79. The second-order valence-electron chi connectivity index (χ2n) is 3.66. The molecule has 1 aliphatic heterocycles. The second kappa shape index (κ2) is 4.90. The molecule has 0 radical (unpaired) electrons. The van der Waals surface area contributed by atoms with Gasteiger partial charge in [-0.05, 0) is 35.7 Å². The van der Waals surface area contributed by atoms with E-state index in [2.05, 4.69) is 31.2 Å². The van der Waals surface area contributed by atoms with Crippen molar-refractivity contribution < 1.29 is 4.74 Å². The van der Waals surface area contributed by atoms with E-state index in [4.69, 9.17) is 4.74 Å².